The molecule has 0 unspecified atom stereocenters. The van der Waals surface area contributed by atoms with Gasteiger partial charge in [-0.05, 0) is 25.0 Å². The highest BCUT2D eigenvalue weighted by molar-refractivity contribution is 5.94. The second-order valence-electron chi connectivity index (χ2n) is 4.46. The molecule has 4 nitrogen and oxygen atoms in total. The number of nitrogens with two attached hydrogens (primary N) is 1. The number of hydrogen-bond acceptors (Lipinski definition) is 4. The van der Waals surface area contributed by atoms with Gasteiger partial charge in [0.25, 0.3) is 0 Å². The van der Waals surface area contributed by atoms with Gasteiger partial charge < -0.3 is 15.2 Å². The third-order valence-electron chi connectivity index (χ3n) is 3.35. The minimum Gasteiger partial charge on any atom is -0.486 e. The van der Waals surface area contributed by atoms with Crippen LogP contribution >= 0.6 is 0 Å². The van der Waals surface area contributed by atoms with E-state index in [2.05, 4.69) is 11.9 Å². The van der Waals surface area contributed by atoms with Crippen LogP contribution in [-0.4, -0.2) is 18.2 Å². The van der Waals surface area contributed by atoms with Crippen LogP contribution in [0.5, 0.6) is 11.5 Å². The molecule has 0 fully saturated rings. The van der Waals surface area contributed by atoms with E-state index in [1.807, 2.05) is 19.1 Å². The SMILES string of the molecule is CCc1c(C)nc2cc3c(cc2c1N)OCCO3. The summed E-state index contributed by atoms with van der Waals surface area (Å²) in [5, 5.41) is 0.946. The lowest BCUT2D eigenvalue weighted by Gasteiger charge is -2.20. The van der Waals surface area contributed by atoms with E-state index in [1.165, 1.54) is 0 Å². The van der Waals surface area contributed by atoms with Crippen molar-refractivity contribution in [2.45, 2.75) is 20.3 Å². The number of benzene rings is 1. The van der Waals surface area contributed by atoms with Gasteiger partial charge in [0.2, 0.25) is 0 Å². The summed E-state index contributed by atoms with van der Waals surface area (Å²) in [5.41, 5.74) is 9.99. The number of anilines is 1. The van der Waals surface area contributed by atoms with Gasteiger partial charge in [-0.2, -0.15) is 0 Å². The molecule has 0 saturated heterocycles. The Hall–Kier alpha value is -1.97. The first-order chi connectivity index (χ1) is 8.70. The zero-order chi connectivity index (χ0) is 12.7. The van der Waals surface area contributed by atoms with Gasteiger partial charge in [0, 0.05) is 22.8 Å². The van der Waals surface area contributed by atoms with E-state index in [4.69, 9.17) is 15.2 Å². The van der Waals surface area contributed by atoms with Crippen LogP contribution in [0.3, 0.4) is 0 Å². The smallest absolute Gasteiger partial charge is 0.163 e. The van der Waals surface area contributed by atoms with Gasteiger partial charge in [0.05, 0.1) is 5.52 Å². The Morgan fingerprint density at radius 1 is 1.22 bits per heavy atom. The number of pyridine rings is 1. The van der Waals surface area contributed by atoms with Gasteiger partial charge in [-0.1, -0.05) is 6.92 Å². The maximum Gasteiger partial charge on any atom is 0.163 e. The van der Waals surface area contributed by atoms with E-state index < -0.39 is 0 Å². The quantitative estimate of drug-likeness (QED) is 0.837. The Morgan fingerprint density at radius 2 is 1.89 bits per heavy atom. The van der Waals surface area contributed by atoms with Crippen LogP contribution in [-0.2, 0) is 6.42 Å². The lowest BCUT2D eigenvalue weighted by Crippen LogP contribution is -2.15. The number of nitrogen functional groups attached to an aromatic ring is 1. The Balaban J connectivity index is 2.31. The van der Waals surface area contributed by atoms with Gasteiger partial charge >= 0.3 is 0 Å². The van der Waals surface area contributed by atoms with E-state index in [0.29, 0.717) is 13.2 Å². The lowest BCUT2D eigenvalue weighted by molar-refractivity contribution is 0.172. The van der Waals surface area contributed by atoms with Crippen LogP contribution in [0.15, 0.2) is 12.1 Å². The highest BCUT2D eigenvalue weighted by Gasteiger charge is 2.16. The maximum absolute atomic E-state index is 6.23. The predicted molar refractivity (Wildman–Crippen MR) is 71.3 cm³/mol. The third kappa shape index (κ3) is 1.56. The van der Waals surface area contributed by atoms with Crippen LogP contribution in [0.4, 0.5) is 5.69 Å². The molecule has 18 heavy (non-hydrogen) atoms. The van der Waals surface area contributed by atoms with E-state index in [0.717, 1.165) is 45.8 Å². The second-order valence-corrected chi connectivity index (χ2v) is 4.46. The molecule has 2 heterocycles. The van der Waals surface area contributed by atoms with E-state index in [9.17, 15) is 0 Å². The average molecular weight is 244 g/mol. The summed E-state index contributed by atoms with van der Waals surface area (Å²) in [6.45, 7) is 5.24. The molecule has 3 rings (SSSR count). The van der Waals surface area contributed by atoms with Crippen molar-refractivity contribution in [3.8, 4) is 11.5 Å². The molecule has 1 aromatic heterocycles. The summed E-state index contributed by atoms with van der Waals surface area (Å²) in [5.74, 6) is 1.51. The molecule has 1 aliphatic heterocycles. The molecule has 2 N–H and O–H groups in total. The molecule has 0 aliphatic carbocycles. The summed E-state index contributed by atoms with van der Waals surface area (Å²) in [6, 6.07) is 3.84. The fraction of sp³-hybridized carbons (Fsp3) is 0.357. The summed E-state index contributed by atoms with van der Waals surface area (Å²) in [6.07, 6.45) is 0.884. The van der Waals surface area contributed by atoms with Crippen molar-refractivity contribution in [3.63, 3.8) is 0 Å². The Kier molecular flexibility index (Phi) is 2.51. The highest BCUT2D eigenvalue weighted by atomic mass is 16.6. The molecule has 0 bridgehead atoms. The minimum atomic E-state index is 0.582. The Labute approximate surface area is 106 Å². The van der Waals surface area contributed by atoms with Crippen LogP contribution in [0.1, 0.15) is 18.2 Å². The average Bonchev–Trinajstić information content (AvgIpc) is 2.37. The van der Waals surface area contributed by atoms with Crippen molar-refractivity contribution in [3.05, 3.63) is 23.4 Å². The first kappa shape index (κ1) is 11.1. The van der Waals surface area contributed by atoms with E-state index in [-0.39, 0.29) is 0 Å². The zero-order valence-corrected chi connectivity index (χ0v) is 10.6. The monoisotopic (exact) mass is 244 g/mol. The largest absolute Gasteiger partial charge is 0.486 e. The summed E-state index contributed by atoms with van der Waals surface area (Å²) < 4.78 is 11.1. The van der Waals surface area contributed by atoms with Gasteiger partial charge in [0.1, 0.15) is 13.2 Å². The van der Waals surface area contributed by atoms with Crippen LogP contribution in [0.2, 0.25) is 0 Å². The van der Waals surface area contributed by atoms with Gasteiger partial charge in [-0.3, -0.25) is 4.98 Å². The first-order valence-electron chi connectivity index (χ1n) is 6.19. The standard InChI is InChI=1S/C14H16N2O2/c1-3-9-8(2)16-11-7-13-12(17-4-5-18-13)6-10(11)14(9)15/h6-7H,3-5H2,1-2H3,(H2,15,16). The molecule has 0 saturated carbocycles. The van der Waals surface area contributed by atoms with Gasteiger partial charge in [-0.25, -0.2) is 0 Å². The molecule has 1 aromatic carbocycles. The van der Waals surface area contributed by atoms with Crippen molar-refractivity contribution in [2.75, 3.05) is 18.9 Å². The number of hydrogen-bond donors (Lipinski definition) is 1. The molecular formula is C14H16N2O2. The Bertz CT molecular complexity index is 623. The molecule has 0 amide bonds. The van der Waals surface area contributed by atoms with Crippen LogP contribution < -0.4 is 15.2 Å². The highest BCUT2D eigenvalue weighted by Crippen LogP contribution is 2.37. The fourth-order valence-corrected chi connectivity index (χ4v) is 2.44. The molecule has 0 radical (unpaired) electrons. The van der Waals surface area contributed by atoms with E-state index >= 15 is 0 Å². The lowest BCUT2D eigenvalue weighted by atomic mass is 10.0. The van der Waals surface area contributed by atoms with Crippen molar-refractivity contribution in [2.24, 2.45) is 0 Å². The molecule has 4 heteroatoms. The minimum absolute atomic E-state index is 0.582. The van der Waals surface area contributed by atoms with Crippen LogP contribution in [0.25, 0.3) is 10.9 Å². The van der Waals surface area contributed by atoms with Gasteiger partial charge in [0.15, 0.2) is 11.5 Å². The summed E-state index contributed by atoms with van der Waals surface area (Å²) in [7, 11) is 0. The van der Waals surface area contributed by atoms with Crippen molar-refractivity contribution < 1.29 is 9.47 Å². The zero-order valence-electron chi connectivity index (χ0n) is 10.6. The molecule has 2 aromatic rings. The second kappa shape index (κ2) is 4.05. The first-order valence-corrected chi connectivity index (χ1v) is 6.19. The number of aryl methyl sites for hydroxylation is 1. The molecular weight excluding hydrogens is 228 g/mol. The number of rotatable bonds is 1. The topological polar surface area (TPSA) is 57.4 Å². The van der Waals surface area contributed by atoms with E-state index in [1.54, 1.807) is 0 Å². The fourth-order valence-electron chi connectivity index (χ4n) is 2.44. The Morgan fingerprint density at radius 3 is 2.56 bits per heavy atom. The van der Waals surface area contributed by atoms with Crippen molar-refractivity contribution in [1.82, 2.24) is 4.98 Å². The summed E-state index contributed by atoms with van der Waals surface area (Å²) >= 11 is 0. The normalized spacial score (nSPS) is 13.9. The molecule has 94 valence electrons. The summed E-state index contributed by atoms with van der Waals surface area (Å²) in [4.78, 5) is 4.60. The van der Waals surface area contributed by atoms with Gasteiger partial charge in [-0.15, -0.1) is 0 Å². The number of nitrogens with zero attached hydrogens (tertiary/aromatic N) is 1. The number of fused-ring (bicyclic) bond motifs is 2. The third-order valence-corrected chi connectivity index (χ3v) is 3.35. The van der Waals surface area contributed by atoms with Crippen molar-refractivity contribution in [1.29, 1.82) is 0 Å². The molecule has 0 spiro atoms. The number of ether oxygens (including phenoxy) is 2. The van der Waals surface area contributed by atoms with Crippen LogP contribution in [0, 0.1) is 6.92 Å². The maximum atomic E-state index is 6.23. The predicted octanol–water partition coefficient (Wildman–Crippen LogP) is 2.46. The molecule has 0 atom stereocenters. The molecule has 1 aliphatic rings. The number of aromatic nitrogens is 1. The van der Waals surface area contributed by atoms with Crippen molar-refractivity contribution >= 4 is 16.6 Å².